The second-order valence-corrected chi connectivity index (χ2v) is 8.36. The number of ether oxygens (including phenoxy) is 3. The Morgan fingerprint density at radius 3 is 2.56 bits per heavy atom. The van der Waals surface area contributed by atoms with Gasteiger partial charge in [0, 0.05) is 5.56 Å². The SMILES string of the molecule is C=CCc1ccc(OCCn2c(C(C)NC(=O)c3ccc(OC)cc3)nc3ccccc32)c(OC)c1. The number of carbonyl (C=O) groups excluding carboxylic acids is 1. The first-order valence-electron chi connectivity index (χ1n) is 11.8. The molecule has 0 spiro atoms. The number of rotatable bonds is 11. The van der Waals surface area contributed by atoms with Crippen molar-refractivity contribution in [2.24, 2.45) is 0 Å². The molecular formula is C29H31N3O4. The number of aromatic nitrogens is 2. The molecule has 0 aliphatic heterocycles. The average molecular weight is 486 g/mol. The van der Waals surface area contributed by atoms with Crippen molar-refractivity contribution in [2.45, 2.75) is 25.9 Å². The lowest BCUT2D eigenvalue weighted by Gasteiger charge is -2.17. The summed E-state index contributed by atoms with van der Waals surface area (Å²) in [4.78, 5) is 17.7. The van der Waals surface area contributed by atoms with Crippen molar-refractivity contribution in [3.05, 3.63) is 96.3 Å². The zero-order valence-corrected chi connectivity index (χ0v) is 20.9. The van der Waals surface area contributed by atoms with Crippen LogP contribution >= 0.6 is 0 Å². The minimum Gasteiger partial charge on any atom is -0.497 e. The van der Waals surface area contributed by atoms with Gasteiger partial charge in [0.1, 0.15) is 18.2 Å². The second-order valence-electron chi connectivity index (χ2n) is 8.36. The number of hydrogen-bond acceptors (Lipinski definition) is 5. The molecule has 1 amide bonds. The van der Waals surface area contributed by atoms with Crippen LogP contribution in [0.15, 0.2) is 79.4 Å². The zero-order chi connectivity index (χ0) is 25.5. The smallest absolute Gasteiger partial charge is 0.251 e. The second kappa shape index (κ2) is 11.4. The lowest BCUT2D eigenvalue weighted by molar-refractivity contribution is 0.0937. The molecule has 3 aromatic carbocycles. The highest BCUT2D eigenvalue weighted by atomic mass is 16.5. The Balaban J connectivity index is 1.51. The molecule has 0 saturated carbocycles. The van der Waals surface area contributed by atoms with Crippen LogP contribution in [0, 0.1) is 0 Å². The van der Waals surface area contributed by atoms with Gasteiger partial charge in [-0.15, -0.1) is 6.58 Å². The Labute approximate surface area is 211 Å². The fourth-order valence-electron chi connectivity index (χ4n) is 4.12. The molecule has 1 aromatic heterocycles. The summed E-state index contributed by atoms with van der Waals surface area (Å²) in [5.74, 6) is 2.65. The number of imidazole rings is 1. The third kappa shape index (κ3) is 5.51. The number of para-hydroxylation sites is 2. The van der Waals surface area contributed by atoms with Crippen LogP contribution < -0.4 is 19.5 Å². The van der Waals surface area contributed by atoms with Crippen LogP contribution in [0.4, 0.5) is 0 Å². The fourth-order valence-corrected chi connectivity index (χ4v) is 4.12. The number of hydrogen-bond donors (Lipinski definition) is 1. The van der Waals surface area contributed by atoms with E-state index in [0.29, 0.717) is 36.0 Å². The molecule has 0 aliphatic rings. The highest BCUT2D eigenvalue weighted by Gasteiger charge is 2.19. The molecule has 7 nitrogen and oxygen atoms in total. The van der Waals surface area contributed by atoms with Gasteiger partial charge in [0.25, 0.3) is 5.91 Å². The first-order valence-corrected chi connectivity index (χ1v) is 11.8. The lowest BCUT2D eigenvalue weighted by Crippen LogP contribution is -2.29. The molecule has 1 heterocycles. The molecule has 4 aromatic rings. The number of amides is 1. The van der Waals surface area contributed by atoms with Crippen LogP contribution in [0.25, 0.3) is 11.0 Å². The van der Waals surface area contributed by atoms with Crippen molar-refractivity contribution in [1.29, 1.82) is 0 Å². The number of methoxy groups -OCH3 is 2. The molecule has 0 bridgehead atoms. The van der Waals surface area contributed by atoms with E-state index in [0.717, 1.165) is 28.8 Å². The summed E-state index contributed by atoms with van der Waals surface area (Å²) >= 11 is 0. The van der Waals surface area contributed by atoms with E-state index in [-0.39, 0.29) is 11.9 Å². The number of nitrogens with zero attached hydrogens (tertiary/aromatic N) is 2. The number of nitrogens with one attached hydrogen (secondary N) is 1. The quantitative estimate of drug-likeness (QED) is 0.290. The molecule has 0 aliphatic carbocycles. The van der Waals surface area contributed by atoms with Gasteiger partial charge in [-0.25, -0.2) is 4.98 Å². The number of carbonyl (C=O) groups is 1. The van der Waals surface area contributed by atoms with Crippen molar-refractivity contribution >= 4 is 16.9 Å². The molecule has 7 heteroatoms. The highest BCUT2D eigenvalue weighted by Crippen LogP contribution is 2.29. The largest absolute Gasteiger partial charge is 0.497 e. The van der Waals surface area contributed by atoms with Gasteiger partial charge in [-0.1, -0.05) is 24.3 Å². The summed E-state index contributed by atoms with van der Waals surface area (Å²) in [6, 6.07) is 20.5. The van der Waals surface area contributed by atoms with Crippen LogP contribution in [-0.4, -0.2) is 36.3 Å². The molecule has 0 radical (unpaired) electrons. The van der Waals surface area contributed by atoms with Gasteiger partial charge in [-0.3, -0.25) is 4.79 Å². The van der Waals surface area contributed by atoms with Crippen molar-refractivity contribution < 1.29 is 19.0 Å². The van der Waals surface area contributed by atoms with Crippen LogP contribution in [0.2, 0.25) is 0 Å². The molecule has 4 rings (SSSR count). The van der Waals surface area contributed by atoms with Gasteiger partial charge in [0.2, 0.25) is 0 Å². The minimum atomic E-state index is -0.320. The van der Waals surface area contributed by atoms with E-state index < -0.39 is 0 Å². The number of allylic oxidation sites excluding steroid dienone is 1. The number of benzene rings is 3. The van der Waals surface area contributed by atoms with Gasteiger partial charge in [-0.2, -0.15) is 0 Å². The fraction of sp³-hybridized carbons (Fsp3) is 0.241. The van der Waals surface area contributed by atoms with E-state index in [2.05, 4.69) is 16.5 Å². The van der Waals surface area contributed by atoms with Crippen LogP contribution in [0.1, 0.15) is 34.7 Å². The van der Waals surface area contributed by atoms with Crippen molar-refractivity contribution in [2.75, 3.05) is 20.8 Å². The van der Waals surface area contributed by atoms with Crippen molar-refractivity contribution in [3.63, 3.8) is 0 Å². The molecular weight excluding hydrogens is 454 g/mol. The van der Waals surface area contributed by atoms with Crippen LogP contribution in [-0.2, 0) is 13.0 Å². The van der Waals surface area contributed by atoms with E-state index in [1.54, 1.807) is 38.5 Å². The van der Waals surface area contributed by atoms with Crippen LogP contribution in [0.3, 0.4) is 0 Å². The van der Waals surface area contributed by atoms with E-state index in [1.165, 1.54) is 0 Å². The Morgan fingerprint density at radius 2 is 1.83 bits per heavy atom. The maximum absolute atomic E-state index is 12.9. The normalized spacial score (nSPS) is 11.6. The molecule has 36 heavy (non-hydrogen) atoms. The first-order chi connectivity index (χ1) is 17.5. The summed E-state index contributed by atoms with van der Waals surface area (Å²) in [6.45, 7) is 6.68. The average Bonchev–Trinajstić information content (AvgIpc) is 3.28. The molecule has 1 atom stereocenters. The molecule has 0 fully saturated rings. The van der Waals surface area contributed by atoms with Gasteiger partial charge in [-0.05, 0) is 67.4 Å². The topological polar surface area (TPSA) is 74.6 Å². The summed E-state index contributed by atoms with van der Waals surface area (Å²) in [7, 11) is 3.23. The van der Waals surface area contributed by atoms with Gasteiger partial charge in [0.05, 0.1) is 37.8 Å². The third-order valence-corrected chi connectivity index (χ3v) is 5.95. The summed E-state index contributed by atoms with van der Waals surface area (Å²) in [5.41, 5.74) is 3.51. The Morgan fingerprint density at radius 1 is 1.06 bits per heavy atom. The minimum absolute atomic E-state index is 0.177. The maximum atomic E-state index is 12.9. The summed E-state index contributed by atoms with van der Waals surface area (Å²) in [6.07, 6.45) is 2.62. The Hall–Kier alpha value is -4.26. The van der Waals surface area contributed by atoms with E-state index in [4.69, 9.17) is 19.2 Å². The van der Waals surface area contributed by atoms with E-state index in [1.807, 2.05) is 55.5 Å². The van der Waals surface area contributed by atoms with Crippen molar-refractivity contribution in [3.8, 4) is 17.2 Å². The molecule has 186 valence electrons. The third-order valence-electron chi connectivity index (χ3n) is 5.95. The first kappa shape index (κ1) is 24.9. The highest BCUT2D eigenvalue weighted by molar-refractivity contribution is 5.94. The Kier molecular flexibility index (Phi) is 7.90. The Bertz CT molecular complexity index is 1340. The lowest BCUT2D eigenvalue weighted by atomic mass is 10.1. The van der Waals surface area contributed by atoms with Gasteiger partial charge < -0.3 is 24.1 Å². The standard InChI is InChI=1S/C29H31N3O4/c1-5-8-21-11-16-26(27(19-21)35-4)36-18-17-32-25-10-7-6-9-24(25)31-28(32)20(2)30-29(33)22-12-14-23(34-3)15-13-22/h5-7,9-16,19-20H,1,8,17-18H2,2-4H3,(H,30,33). The summed E-state index contributed by atoms with van der Waals surface area (Å²) < 4.78 is 18.9. The summed E-state index contributed by atoms with van der Waals surface area (Å²) in [5, 5.41) is 3.06. The predicted molar refractivity (Wildman–Crippen MR) is 141 cm³/mol. The zero-order valence-electron chi connectivity index (χ0n) is 20.9. The van der Waals surface area contributed by atoms with E-state index >= 15 is 0 Å². The van der Waals surface area contributed by atoms with Gasteiger partial charge >= 0.3 is 0 Å². The number of fused-ring (bicyclic) bond motifs is 1. The predicted octanol–water partition coefficient (Wildman–Crippen LogP) is 5.35. The monoisotopic (exact) mass is 485 g/mol. The van der Waals surface area contributed by atoms with E-state index in [9.17, 15) is 4.79 Å². The van der Waals surface area contributed by atoms with Gasteiger partial charge in [0.15, 0.2) is 11.5 Å². The molecule has 1 unspecified atom stereocenters. The maximum Gasteiger partial charge on any atom is 0.251 e. The molecule has 1 N–H and O–H groups in total. The molecule has 0 saturated heterocycles. The van der Waals surface area contributed by atoms with Crippen molar-refractivity contribution in [1.82, 2.24) is 14.9 Å². The van der Waals surface area contributed by atoms with Crippen LogP contribution in [0.5, 0.6) is 17.2 Å².